The Balaban J connectivity index is 1.74. The van der Waals surface area contributed by atoms with Gasteiger partial charge in [0.1, 0.15) is 0 Å². The SMILES string of the molecule is Cc1nn(C)c(C)c1NC1CC2CCC(C1)N2C. The van der Waals surface area contributed by atoms with Gasteiger partial charge in [-0.15, -0.1) is 0 Å². The maximum Gasteiger partial charge on any atom is 0.0827 e. The summed E-state index contributed by atoms with van der Waals surface area (Å²) in [6.45, 7) is 4.24. The molecule has 1 aromatic heterocycles. The van der Waals surface area contributed by atoms with Gasteiger partial charge in [-0.2, -0.15) is 5.10 Å². The third-order valence-corrected chi connectivity index (χ3v) is 4.96. The Bertz CT molecular complexity index is 437. The molecule has 1 aromatic rings. The molecular weight excluding hydrogens is 224 g/mol. The highest BCUT2D eigenvalue weighted by Gasteiger charge is 2.38. The number of fused-ring (bicyclic) bond motifs is 2. The van der Waals surface area contributed by atoms with E-state index in [0.717, 1.165) is 17.8 Å². The number of anilines is 1. The van der Waals surface area contributed by atoms with Gasteiger partial charge in [0.15, 0.2) is 0 Å². The van der Waals surface area contributed by atoms with Crippen LogP contribution in [0.4, 0.5) is 5.69 Å². The molecule has 2 atom stereocenters. The normalized spacial score (nSPS) is 31.9. The van der Waals surface area contributed by atoms with E-state index in [1.807, 2.05) is 11.7 Å². The fourth-order valence-electron chi connectivity index (χ4n) is 3.72. The predicted molar refractivity (Wildman–Crippen MR) is 73.9 cm³/mol. The van der Waals surface area contributed by atoms with Crippen LogP contribution in [-0.2, 0) is 7.05 Å². The van der Waals surface area contributed by atoms with Gasteiger partial charge in [0.2, 0.25) is 0 Å². The minimum atomic E-state index is 0.625. The van der Waals surface area contributed by atoms with Crippen molar-refractivity contribution in [2.75, 3.05) is 12.4 Å². The smallest absolute Gasteiger partial charge is 0.0827 e. The number of piperidine rings is 1. The van der Waals surface area contributed by atoms with Crippen LogP contribution in [0.5, 0.6) is 0 Å². The summed E-state index contributed by atoms with van der Waals surface area (Å²) >= 11 is 0. The minimum Gasteiger partial charge on any atom is -0.379 e. The molecule has 2 fully saturated rings. The summed E-state index contributed by atoms with van der Waals surface area (Å²) in [5.41, 5.74) is 3.63. The van der Waals surface area contributed by atoms with Gasteiger partial charge >= 0.3 is 0 Å². The van der Waals surface area contributed by atoms with Crippen molar-refractivity contribution in [3.05, 3.63) is 11.4 Å². The number of hydrogen-bond acceptors (Lipinski definition) is 3. The van der Waals surface area contributed by atoms with E-state index in [0.29, 0.717) is 6.04 Å². The number of aryl methyl sites for hydroxylation is 2. The van der Waals surface area contributed by atoms with Crippen molar-refractivity contribution in [2.45, 2.75) is 57.7 Å². The van der Waals surface area contributed by atoms with Crippen LogP contribution in [0, 0.1) is 13.8 Å². The zero-order valence-electron chi connectivity index (χ0n) is 11.9. The first-order valence-corrected chi connectivity index (χ1v) is 7.05. The molecule has 1 N–H and O–H groups in total. The van der Waals surface area contributed by atoms with Crippen LogP contribution in [0.15, 0.2) is 0 Å². The topological polar surface area (TPSA) is 33.1 Å². The summed E-state index contributed by atoms with van der Waals surface area (Å²) in [6, 6.07) is 2.21. The average Bonchev–Trinajstić information content (AvgIpc) is 2.70. The molecule has 4 nitrogen and oxygen atoms in total. The zero-order chi connectivity index (χ0) is 12.9. The van der Waals surface area contributed by atoms with Crippen molar-refractivity contribution in [1.29, 1.82) is 0 Å². The van der Waals surface area contributed by atoms with E-state index < -0.39 is 0 Å². The molecular formula is C14H24N4. The van der Waals surface area contributed by atoms with Gasteiger partial charge in [0.05, 0.1) is 17.1 Å². The predicted octanol–water partition coefficient (Wildman–Crippen LogP) is 2.07. The Kier molecular flexibility index (Phi) is 2.85. The van der Waals surface area contributed by atoms with Crippen molar-refractivity contribution in [1.82, 2.24) is 14.7 Å². The summed E-state index contributed by atoms with van der Waals surface area (Å²) < 4.78 is 1.97. The van der Waals surface area contributed by atoms with Gasteiger partial charge in [-0.3, -0.25) is 4.68 Å². The van der Waals surface area contributed by atoms with Crippen molar-refractivity contribution in [3.8, 4) is 0 Å². The minimum absolute atomic E-state index is 0.625. The quantitative estimate of drug-likeness (QED) is 0.870. The number of aromatic nitrogens is 2. The second-order valence-electron chi connectivity index (χ2n) is 6.03. The standard InChI is InChI=1S/C14H24N4/c1-9-14(10(2)18(4)16-9)15-11-7-12-5-6-13(8-11)17(12)3/h11-13,15H,5-8H2,1-4H3. The first-order valence-electron chi connectivity index (χ1n) is 7.05. The van der Waals surface area contributed by atoms with Gasteiger partial charge in [-0.1, -0.05) is 0 Å². The molecule has 100 valence electrons. The van der Waals surface area contributed by atoms with Gasteiger partial charge in [0, 0.05) is 25.2 Å². The number of hydrogen-bond donors (Lipinski definition) is 1. The van der Waals surface area contributed by atoms with Gasteiger partial charge in [0.25, 0.3) is 0 Å². The van der Waals surface area contributed by atoms with Crippen LogP contribution < -0.4 is 5.32 Å². The van der Waals surface area contributed by atoms with E-state index >= 15 is 0 Å². The molecule has 18 heavy (non-hydrogen) atoms. The molecule has 2 aliphatic heterocycles. The summed E-state index contributed by atoms with van der Waals surface area (Å²) in [4.78, 5) is 2.58. The van der Waals surface area contributed by atoms with E-state index in [9.17, 15) is 0 Å². The lowest BCUT2D eigenvalue weighted by molar-refractivity contribution is 0.169. The third kappa shape index (κ3) is 1.83. The van der Waals surface area contributed by atoms with Crippen LogP contribution in [0.25, 0.3) is 0 Å². The Morgan fingerprint density at radius 1 is 1.11 bits per heavy atom. The molecule has 0 aromatic carbocycles. The molecule has 0 saturated carbocycles. The first kappa shape index (κ1) is 12.0. The fourth-order valence-corrected chi connectivity index (χ4v) is 3.72. The van der Waals surface area contributed by atoms with Crippen LogP contribution in [0.1, 0.15) is 37.1 Å². The highest BCUT2D eigenvalue weighted by atomic mass is 15.3. The number of nitrogens with zero attached hydrogens (tertiary/aromatic N) is 3. The van der Waals surface area contributed by atoms with E-state index in [-0.39, 0.29) is 0 Å². The molecule has 2 bridgehead atoms. The molecule has 3 rings (SSSR count). The summed E-state index contributed by atoms with van der Waals surface area (Å²) in [7, 11) is 4.31. The molecule has 0 spiro atoms. The summed E-state index contributed by atoms with van der Waals surface area (Å²) in [5.74, 6) is 0. The largest absolute Gasteiger partial charge is 0.379 e. The van der Waals surface area contributed by atoms with E-state index in [4.69, 9.17) is 0 Å². The van der Waals surface area contributed by atoms with Crippen LogP contribution in [-0.4, -0.2) is 39.9 Å². The Morgan fingerprint density at radius 3 is 2.22 bits per heavy atom. The van der Waals surface area contributed by atoms with Crippen molar-refractivity contribution in [3.63, 3.8) is 0 Å². The summed E-state index contributed by atoms with van der Waals surface area (Å²) in [5, 5.41) is 8.24. The van der Waals surface area contributed by atoms with Gasteiger partial charge in [-0.25, -0.2) is 0 Å². The molecule has 2 saturated heterocycles. The summed E-state index contributed by atoms with van der Waals surface area (Å²) in [6.07, 6.45) is 5.32. The van der Waals surface area contributed by atoms with Crippen LogP contribution >= 0.6 is 0 Å². The second-order valence-corrected chi connectivity index (χ2v) is 6.03. The monoisotopic (exact) mass is 248 g/mol. The molecule has 0 aliphatic carbocycles. The Morgan fingerprint density at radius 2 is 1.72 bits per heavy atom. The highest BCUT2D eigenvalue weighted by molar-refractivity contribution is 5.52. The maximum absolute atomic E-state index is 4.49. The molecule has 0 radical (unpaired) electrons. The molecule has 3 heterocycles. The number of nitrogens with one attached hydrogen (secondary N) is 1. The Labute approximate surface area is 109 Å². The zero-order valence-corrected chi connectivity index (χ0v) is 11.9. The molecule has 0 amide bonds. The first-order chi connectivity index (χ1) is 8.56. The van der Waals surface area contributed by atoms with Crippen LogP contribution in [0.3, 0.4) is 0 Å². The van der Waals surface area contributed by atoms with E-state index in [1.54, 1.807) is 0 Å². The second kappa shape index (κ2) is 4.26. The lowest BCUT2D eigenvalue weighted by Gasteiger charge is -2.37. The van der Waals surface area contributed by atoms with Crippen LogP contribution in [0.2, 0.25) is 0 Å². The number of rotatable bonds is 2. The van der Waals surface area contributed by atoms with E-state index in [2.05, 4.69) is 36.2 Å². The van der Waals surface area contributed by atoms with Crippen molar-refractivity contribution < 1.29 is 0 Å². The lowest BCUT2D eigenvalue weighted by Crippen LogP contribution is -2.44. The van der Waals surface area contributed by atoms with Gasteiger partial charge < -0.3 is 10.2 Å². The van der Waals surface area contributed by atoms with Crippen molar-refractivity contribution in [2.24, 2.45) is 7.05 Å². The highest BCUT2D eigenvalue weighted by Crippen LogP contribution is 2.36. The maximum atomic E-state index is 4.49. The lowest BCUT2D eigenvalue weighted by atomic mass is 9.97. The molecule has 2 aliphatic rings. The van der Waals surface area contributed by atoms with E-state index in [1.165, 1.54) is 37.1 Å². The molecule has 4 heteroatoms. The average molecular weight is 248 g/mol. The van der Waals surface area contributed by atoms with Crippen molar-refractivity contribution >= 4 is 5.69 Å². The Hall–Kier alpha value is -1.03. The molecule has 2 unspecified atom stereocenters. The fraction of sp³-hybridized carbons (Fsp3) is 0.786. The third-order valence-electron chi connectivity index (χ3n) is 4.96. The van der Waals surface area contributed by atoms with Gasteiger partial charge in [-0.05, 0) is 46.6 Å².